The van der Waals surface area contributed by atoms with Crippen molar-refractivity contribution in [3.8, 4) is 5.75 Å². The van der Waals surface area contributed by atoms with E-state index in [1.807, 2.05) is 37.3 Å². The number of ether oxygens (including phenoxy) is 2. The van der Waals surface area contributed by atoms with Crippen molar-refractivity contribution in [2.45, 2.75) is 32.4 Å². The normalized spacial score (nSPS) is 11.7. The summed E-state index contributed by atoms with van der Waals surface area (Å²) >= 11 is 0. The Bertz CT molecular complexity index is 735. The standard InChI is InChI=1S/C20H21F2NO4/c1-2-6-18(25)26-13-17(24)23-19(14-7-4-3-5-8-14)15-9-11-16(12-10-15)27-20(21)22/h3-5,7-12,19-20H,2,6,13H2,1H3,(H,23,24)/t19-/m1/s1. The number of carbonyl (C=O) groups is 2. The molecule has 0 aliphatic carbocycles. The van der Waals surface area contributed by atoms with Crippen LogP contribution in [0.4, 0.5) is 8.78 Å². The number of benzene rings is 2. The zero-order valence-electron chi connectivity index (χ0n) is 14.9. The first kappa shape index (κ1) is 20.4. The summed E-state index contributed by atoms with van der Waals surface area (Å²) in [4.78, 5) is 23.6. The molecule has 2 aromatic rings. The number of esters is 1. The van der Waals surface area contributed by atoms with E-state index in [4.69, 9.17) is 4.74 Å². The van der Waals surface area contributed by atoms with E-state index in [2.05, 4.69) is 10.1 Å². The highest BCUT2D eigenvalue weighted by Crippen LogP contribution is 2.24. The number of alkyl halides is 2. The van der Waals surface area contributed by atoms with E-state index >= 15 is 0 Å². The SMILES string of the molecule is CCCC(=O)OCC(=O)N[C@H](c1ccccc1)c1ccc(OC(F)F)cc1. The second-order valence-corrected chi connectivity index (χ2v) is 5.77. The maximum atomic E-state index is 12.3. The lowest BCUT2D eigenvalue weighted by Gasteiger charge is -2.20. The number of nitrogens with one attached hydrogen (secondary N) is 1. The molecule has 0 heterocycles. The molecule has 1 amide bonds. The fourth-order valence-corrected chi connectivity index (χ4v) is 2.47. The maximum absolute atomic E-state index is 12.3. The Kier molecular flexibility index (Phi) is 7.73. The smallest absolute Gasteiger partial charge is 0.387 e. The summed E-state index contributed by atoms with van der Waals surface area (Å²) in [5.74, 6) is -0.862. The van der Waals surface area contributed by atoms with Crippen molar-refractivity contribution in [1.29, 1.82) is 0 Å². The summed E-state index contributed by atoms with van der Waals surface area (Å²) in [6.45, 7) is -1.44. The first-order chi connectivity index (χ1) is 13.0. The van der Waals surface area contributed by atoms with Gasteiger partial charge in [0.1, 0.15) is 5.75 Å². The molecule has 5 nitrogen and oxygen atoms in total. The van der Waals surface area contributed by atoms with E-state index in [1.165, 1.54) is 12.1 Å². The van der Waals surface area contributed by atoms with Gasteiger partial charge in [0.05, 0.1) is 6.04 Å². The highest BCUT2D eigenvalue weighted by molar-refractivity contribution is 5.81. The van der Waals surface area contributed by atoms with Crippen LogP contribution in [0.5, 0.6) is 5.75 Å². The van der Waals surface area contributed by atoms with Crippen molar-refractivity contribution in [3.05, 3.63) is 65.7 Å². The zero-order valence-corrected chi connectivity index (χ0v) is 14.9. The van der Waals surface area contributed by atoms with Crippen molar-refractivity contribution in [3.63, 3.8) is 0 Å². The predicted octanol–water partition coefficient (Wildman–Crippen LogP) is 3.84. The van der Waals surface area contributed by atoms with E-state index in [0.29, 0.717) is 12.0 Å². The van der Waals surface area contributed by atoms with Crippen LogP contribution in [0.3, 0.4) is 0 Å². The molecule has 0 aliphatic rings. The van der Waals surface area contributed by atoms with Crippen LogP contribution in [0.15, 0.2) is 54.6 Å². The molecule has 27 heavy (non-hydrogen) atoms. The van der Waals surface area contributed by atoms with E-state index in [0.717, 1.165) is 5.56 Å². The molecule has 144 valence electrons. The van der Waals surface area contributed by atoms with Gasteiger partial charge in [-0.1, -0.05) is 49.4 Å². The van der Waals surface area contributed by atoms with E-state index < -0.39 is 24.5 Å². The molecule has 0 fully saturated rings. The summed E-state index contributed by atoms with van der Waals surface area (Å²) < 4.78 is 33.9. The average Bonchev–Trinajstić information content (AvgIpc) is 2.66. The van der Waals surface area contributed by atoms with Gasteiger partial charge in [-0.15, -0.1) is 0 Å². The number of rotatable bonds is 9. The highest BCUT2D eigenvalue weighted by atomic mass is 19.3. The van der Waals surface area contributed by atoms with Gasteiger partial charge in [-0.2, -0.15) is 8.78 Å². The molecule has 2 rings (SSSR count). The van der Waals surface area contributed by atoms with Gasteiger partial charge >= 0.3 is 12.6 Å². The Hall–Kier alpha value is -2.96. The third kappa shape index (κ3) is 6.69. The summed E-state index contributed by atoms with van der Waals surface area (Å²) in [6.07, 6.45) is 0.890. The van der Waals surface area contributed by atoms with Gasteiger partial charge in [-0.05, 0) is 29.7 Å². The first-order valence-electron chi connectivity index (χ1n) is 8.54. The quantitative estimate of drug-likeness (QED) is 0.675. The first-order valence-corrected chi connectivity index (χ1v) is 8.54. The average molecular weight is 377 g/mol. The van der Waals surface area contributed by atoms with Crippen LogP contribution in [0, 0.1) is 0 Å². The predicted molar refractivity (Wildman–Crippen MR) is 95.4 cm³/mol. The second-order valence-electron chi connectivity index (χ2n) is 5.77. The lowest BCUT2D eigenvalue weighted by atomic mass is 9.98. The van der Waals surface area contributed by atoms with Gasteiger partial charge in [0.2, 0.25) is 0 Å². The largest absolute Gasteiger partial charge is 0.456 e. The Morgan fingerprint density at radius 1 is 1.00 bits per heavy atom. The number of carbonyl (C=O) groups excluding carboxylic acids is 2. The third-order valence-electron chi connectivity index (χ3n) is 3.70. The van der Waals surface area contributed by atoms with Crippen LogP contribution in [0.25, 0.3) is 0 Å². The molecule has 0 unspecified atom stereocenters. The summed E-state index contributed by atoms with van der Waals surface area (Å²) in [7, 11) is 0. The Balaban J connectivity index is 2.12. The van der Waals surface area contributed by atoms with Crippen LogP contribution < -0.4 is 10.1 Å². The molecule has 0 bridgehead atoms. The molecule has 0 aliphatic heterocycles. The fraction of sp³-hybridized carbons (Fsp3) is 0.300. The third-order valence-corrected chi connectivity index (χ3v) is 3.70. The lowest BCUT2D eigenvalue weighted by Crippen LogP contribution is -2.33. The minimum atomic E-state index is -2.90. The van der Waals surface area contributed by atoms with Crippen LogP contribution >= 0.6 is 0 Å². The number of hydrogen-bond donors (Lipinski definition) is 1. The minimum absolute atomic E-state index is 0.0281. The summed E-state index contributed by atoms with van der Waals surface area (Å²) in [6, 6.07) is 14.6. The summed E-state index contributed by atoms with van der Waals surface area (Å²) in [5, 5.41) is 2.80. The van der Waals surface area contributed by atoms with E-state index in [1.54, 1.807) is 12.1 Å². The molecular formula is C20H21F2NO4. The Morgan fingerprint density at radius 2 is 1.63 bits per heavy atom. The zero-order chi connectivity index (χ0) is 19.6. The molecule has 0 saturated carbocycles. The monoisotopic (exact) mass is 377 g/mol. The molecular weight excluding hydrogens is 356 g/mol. The number of amides is 1. The fourth-order valence-electron chi connectivity index (χ4n) is 2.47. The minimum Gasteiger partial charge on any atom is -0.456 e. The number of hydrogen-bond acceptors (Lipinski definition) is 4. The van der Waals surface area contributed by atoms with Crippen molar-refractivity contribution in [1.82, 2.24) is 5.32 Å². The van der Waals surface area contributed by atoms with Crippen LogP contribution in [0.1, 0.15) is 36.9 Å². The molecule has 0 saturated heterocycles. The molecule has 0 spiro atoms. The Labute approximate surface area is 156 Å². The van der Waals surface area contributed by atoms with Crippen molar-refractivity contribution in [2.24, 2.45) is 0 Å². The molecule has 1 N–H and O–H groups in total. The van der Waals surface area contributed by atoms with Gasteiger partial charge in [0.25, 0.3) is 5.91 Å². The molecule has 2 aromatic carbocycles. The van der Waals surface area contributed by atoms with Crippen LogP contribution in [-0.4, -0.2) is 25.1 Å². The Morgan fingerprint density at radius 3 is 2.22 bits per heavy atom. The van der Waals surface area contributed by atoms with Gasteiger partial charge in [0.15, 0.2) is 6.61 Å². The molecule has 0 aromatic heterocycles. The van der Waals surface area contributed by atoms with Crippen molar-refractivity contribution < 1.29 is 27.8 Å². The van der Waals surface area contributed by atoms with Gasteiger partial charge in [0, 0.05) is 6.42 Å². The number of halogens is 2. The lowest BCUT2D eigenvalue weighted by molar-refractivity contribution is -0.148. The van der Waals surface area contributed by atoms with E-state index in [9.17, 15) is 18.4 Å². The van der Waals surface area contributed by atoms with Gasteiger partial charge in [-0.3, -0.25) is 9.59 Å². The topological polar surface area (TPSA) is 64.6 Å². The second kappa shape index (κ2) is 10.3. The van der Waals surface area contributed by atoms with Crippen LogP contribution in [0.2, 0.25) is 0 Å². The summed E-state index contributed by atoms with van der Waals surface area (Å²) in [5.41, 5.74) is 1.48. The maximum Gasteiger partial charge on any atom is 0.387 e. The van der Waals surface area contributed by atoms with Gasteiger partial charge < -0.3 is 14.8 Å². The van der Waals surface area contributed by atoms with Crippen molar-refractivity contribution >= 4 is 11.9 Å². The van der Waals surface area contributed by atoms with Crippen LogP contribution in [-0.2, 0) is 14.3 Å². The molecule has 1 atom stereocenters. The molecule has 7 heteroatoms. The molecule has 0 radical (unpaired) electrons. The van der Waals surface area contributed by atoms with Crippen molar-refractivity contribution in [2.75, 3.05) is 6.61 Å². The van der Waals surface area contributed by atoms with Gasteiger partial charge in [-0.25, -0.2) is 0 Å². The highest BCUT2D eigenvalue weighted by Gasteiger charge is 2.18. The van der Waals surface area contributed by atoms with E-state index in [-0.39, 0.29) is 18.8 Å².